The van der Waals surface area contributed by atoms with Crippen molar-refractivity contribution in [3.05, 3.63) is 35.5 Å². The first-order chi connectivity index (χ1) is 8.60. The lowest BCUT2D eigenvalue weighted by Gasteiger charge is -2.23. The van der Waals surface area contributed by atoms with Crippen molar-refractivity contribution in [3.8, 4) is 5.75 Å². The maximum atomic E-state index is 11.0. The minimum Gasteiger partial charge on any atom is -0.733 e. The lowest BCUT2D eigenvalue weighted by molar-refractivity contribution is 0.289. The molecule has 1 saturated carbocycles. The zero-order chi connectivity index (χ0) is 13.1. The van der Waals surface area contributed by atoms with Gasteiger partial charge in [-0.15, -0.1) is 0 Å². The maximum absolute atomic E-state index is 11.0. The van der Waals surface area contributed by atoms with E-state index in [-0.39, 0.29) is 10.9 Å². The highest BCUT2D eigenvalue weighted by atomic mass is 16.8. The number of hydrogen-bond acceptors (Lipinski definition) is 5. The zero-order valence-corrected chi connectivity index (χ0v) is 10.3. The van der Waals surface area contributed by atoms with Crippen LogP contribution in [0.25, 0.3) is 5.76 Å². The highest BCUT2D eigenvalue weighted by Crippen LogP contribution is 2.31. The van der Waals surface area contributed by atoms with E-state index in [1.807, 2.05) is 0 Å². The van der Waals surface area contributed by atoms with E-state index in [9.17, 15) is 5.21 Å². The van der Waals surface area contributed by atoms with E-state index < -0.39 is 0 Å². The predicted molar refractivity (Wildman–Crippen MR) is 68.3 cm³/mol. The predicted octanol–water partition coefficient (Wildman–Crippen LogP) is 2.79. The van der Waals surface area contributed by atoms with Gasteiger partial charge < -0.3 is 19.9 Å². The fourth-order valence-corrected chi connectivity index (χ4v) is 1.55. The lowest BCUT2D eigenvalue weighted by Crippen LogP contribution is -2.08. The summed E-state index contributed by atoms with van der Waals surface area (Å²) in [7, 11) is 1.49. The molecule has 5 heteroatoms. The molecule has 1 fully saturated rings. The van der Waals surface area contributed by atoms with Crippen molar-refractivity contribution >= 4 is 11.4 Å². The largest absolute Gasteiger partial charge is 0.733 e. The highest BCUT2D eigenvalue weighted by Gasteiger charge is 2.22. The van der Waals surface area contributed by atoms with E-state index in [4.69, 9.17) is 14.7 Å². The Morgan fingerprint density at radius 1 is 1.50 bits per heavy atom. The first-order valence-electron chi connectivity index (χ1n) is 5.77. The van der Waals surface area contributed by atoms with Gasteiger partial charge in [-0.2, -0.15) is 0 Å². The molecule has 0 bridgehead atoms. The molecular formula is C13H16NO4-. The van der Waals surface area contributed by atoms with Crippen molar-refractivity contribution in [1.82, 2.24) is 0 Å². The van der Waals surface area contributed by atoms with Crippen molar-refractivity contribution in [3.63, 3.8) is 0 Å². The van der Waals surface area contributed by atoms with Gasteiger partial charge in [-0.1, -0.05) is 6.58 Å². The average molecular weight is 250 g/mol. The summed E-state index contributed by atoms with van der Waals surface area (Å²) in [5.74, 6) is 1.55. The van der Waals surface area contributed by atoms with E-state index in [2.05, 4.69) is 6.58 Å². The summed E-state index contributed by atoms with van der Waals surface area (Å²) in [6.07, 6.45) is 2.37. The smallest absolute Gasteiger partial charge is 0.122 e. The number of nitrogens with zero attached hydrogens (tertiary/aromatic N) is 1. The second-order valence-corrected chi connectivity index (χ2v) is 4.37. The fourth-order valence-electron chi connectivity index (χ4n) is 1.55. The molecule has 5 nitrogen and oxygen atoms in total. The maximum Gasteiger partial charge on any atom is 0.122 e. The quantitative estimate of drug-likeness (QED) is 0.621. The molecular weight excluding hydrogens is 234 g/mol. The fraction of sp³-hybridized carbons (Fsp3) is 0.385. The van der Waals surface area contributed by atoms with Gasteiger partial charge in [0.1, 0.15) is 11.5 Å². The van der Waals surface area contributed by atoms with Gasteiger partial charge in [0.2, 0.25) is 0 Å². The third-order valence-electron chi connectivity index (χ3n) is 2.86. The topological polar surface area (TPSA) is 65.0 Å². The molecule has 0 aliphatic heterocycles. The molecule has 1 aliphatic rings. The van der Waals surface area contributed by atoms with E-state index in [1.54, 1.807) is 6.07 Å². The average Bonchev–Trinajstić information content (AvgIpc) is 3.19. The van der Waals surface area contributed by atoms with Gasteiger partial charge in [-0.25, -0.2) is 0 Å². The van der Waals surface area contributed by atoms with Gasteiger partial charge in [0.25, 0.3) is 0 Å². The van der Waals surface area contributed by atoms with Crippen LogP contribution in [0.15, 0.2) is 24.8 Å². The summed E-state index contributed by atoms with van der Waals surface area (Å²) in [4.78, 5) is 0. The molecule has 0 saturated heterocycles. The van der Waals surface area contributed by atoms with Crippen LogP contribution >= 0.6 is 0 Å². The van der Waals surface area contributed by atoms with Crippen LogP contribution in [0.2, 0.25) is 0 Å². The van der Waals surface area contributed by atoms with Gasteiger partial charge in [0.15, 0.2) is 0 Å². The molecule has 0 amide bonds. The number of hydrogen-bond donors (Lipinski definition) is 1. The lowest BCUT2D eigenvalue weighted by atomic mass is 10.1. The molecule has 0 aromatic heterocycles. The summed E-state index contributed by atoms with van der Waals surface area (Å²) in [6.45, 7) is 4.34. The highest BCUT2D eigenvalue weighted by molar-refractivity contribution is 5.65. The molecule has 98 valence electrons. The number of ether oxygens (including phenoxy) is 2. The zero-order valence-electron chi connectivity index (χ0n) is 10.3. The van der Waals surface area contributed by atoms with E-state index in [0.29, 0.717) is 29.6 Å². The molecule has 0 atom stereocenters. The molecule has 1 aromatic carbocycles. The monoisotopic (exact) mass is 250 g/mol. The van der Waals surface area contributed by atoms with Gasteiger partial charge in [0, 0.05) is 11.6 Å². The molecule has 0 unspecified atom stereocenters. The van der Waals surface area contributed by atoms with Crippen LogP contribution in [0.1, 0.15) is 18.4 Å². The van der Waals surface area contributed by atoms with Gasteiger partial charge >= 0.3 is 0 Å². The third kappa shape index (κ3) is 3.15. The molecule has 18 heavy (non-hydrogen) atoms. The first-order valence-corrected chi connectivity index (χ1v) is 5.77. The van der Waals surface area contributed by atoms with Crippen LogP contribution in [0, 0.1) is 11.1 Å². The second kappa shape index (κ2) is 5.29. The molecule has 2 rings (SSSR count). The van der Waals surface area contributed by atoms with Crippen LogP contribution in [-0.4, -0.2) is 18.9 Å². The summed E-state index contributed by atoms with van der Waals surface area (Å²) in [5, 5.41) is 19.7. The Labute approximate surface area is 106 Å². The Morgan fingerprint density at radius 2 is 2.22 bits per heavy atom. The molecule has 1 N–H and O–H groups in total. The summed E-state index contributed by atoms with van der Waals surface area (Å²) in [5.41, 5.74) is 0.701. The summed E-state index contributed by atoms with van der Waals surface area (Å²) in [6, 6.07) is 4.71. The van der Waals surface area contributed by atoms with Crippen LogP contribution < -0.4 is 9.96 Å². The number of methoxy groups -OCH3 is 1. The molecule has 0 radical (unpaired) electrons. The number of benzene rings is 1. The first kappa shape index (κ1) is 12.7. The molecule has 1 aliphatic carbocycles. The molecule has 0 spiro atoms. The normalized spacial score (nSPS) is 14.2. The van der Waals surface area contributed by atoms with Crippen LogP contribution in [0.5, 0.6) is 5.75 Å². The third-order valence-corrected chi connectivity index (χ3v) is 2.86. The van der Waals surface area contributed by atoms with Gasteiger partial charge in [-0.3, -0.25) is 5.21 Å². The van der Waals surface area contributed by atoms with Gasteiger partial charge in [-0.05, 0) is 30.9 Å². The van der Waals surface area contributed by atoms with Crippen LogP contribution in [-0.2, 0) is 4.74 Å². The van der Waals surface area contributed by atoms with Crippen molar-refractivity contribution < 1.29 is 14.7 Å². The van der Waals surface area contributed by atoms with Crippen molar-refractivity contribution in [2.24, 2.45) is 5.92 Å². The summed E-state index contributed by atoms with van der Waals surface area (Å²) >= 11 is 0. The number of rotatable bonds is 6. The van der Waals surface area contributed by atoms with Crippen molar-refractivity contribution in [2.45, 2.75) is 12.8 Å². The Morgan fingerprint density at radius 3 is 2.78 bits per heavy atom. The van der Waals surface area contributed by atoms with E-state index >= 15 is 0 Å². The van der Waals surface area contributed by atoms with Crippen molar-refractivity contribution in [2.75, 3.05) is 18.9 Å². The Bertz CT molecular complexity index is 441. The Hall–Kier alpha value is -1.72. The minimum absolute atomic E-state index is 0.0940. The van der Waals surface area contributed by atoms with E-state index in [0.717, 1.165) is 0 Å². The SMILES string of the molecule is C=C(OC)c1cc(OCC2CC2)cc(N([O-])O)c1. The summed E-state index contributed by atoms with van der Waals surface area (Å²) < 4.78 is 10.6. The van der Waals surface area contributed by atoms with Crippen LogP contribution in [0.4, 0.5) is 5.69 Å². The molecule has 1 aromatic rings. The van der Waals surface area contributed by atoms with Crippen molar-refractivity contribution in [1.29, 1.82) is 0 Å². The molecule has 0 heterocycles. The Balaban J connectivity index is 2.20. The minimum atomic E-state index is -0.198. The Kier molecular flexibility index (Phi) is 3.74. The van der Waals surface area contributed by atoms with E-state index in [1.165, 1.54) is 32.1 Å². The van der Waals surface area contributed by atoms with Gasteiger partial charge in [0.05, 0.1) is 19.4 Å². The van der Waals surface area contributed by atoms with Crippen LogP contribution in [0.3, 0.4) is 0 Å². The second-order valence-electron chi connectivity index (χ2n) is 4.37. The number of anilines is 1. The standard InChI is InChI=1S/C13H16NO4/c1-9(17-2)11-5-12(14(15)16)7-13(6-11)18-8-10-3-4-10/h5-7,10,15H,1,3-4,8H2,2H3/q-1.